The molecule has 7 heteroatoms. The van der Waals surface area contributed by atoms with Crippen LogP contribution in [0, 0.1) is 11.8 Å². The summed E-state index contributed by atoms with van der Waals surface area (Å²) in [6.45, 7) is 0.443. The van der Waals surface area contributed by atoms with Crippen LogP contribution in [-0.2, 0) is 4.79 Å². The molecule has 0 aliphatic carbocycles. The lowest BCUT2D eigenvalue weighted by molar-refractivity contribution is -0.115. The molecule has 0 spiro atoms. The number of benzene rings is 3. The van der Waals surface area contributed by atoms with Gasteiger partial charge in [0.05, 0.1) is 35.5 Å². The molecular weight excluding hydrogens is 436 g/mol. The maximum Gasteiger partial charge on any atom is 0.290 e. The summed E-state index contributed by atoms with van der Waals surface area (Å²) in [6.07, 6.45) is 1.67. The van der Waals surface area contributed by atoms with E-state index in [1.54, 1.807) is 19.3 Å². The Labute approximate surface area is 195 Å². The molecule has 162 valence electrons. The Morgan fingerprint density at radius 3 is 2.36 bits per heavy atom. The van der Waals surface area contributed by atoms with Crippen molar-refractivity contribution in [2.24, 2.45) is 0 Å². The average molecular weight is 455 g/mol. The largest absolute Gasteiger partial charge is 0.495 e. The first-order valence-electron chi connectivity index (χ1n) is 10.2. The molecular formula is C26H18N2O4S. The van der Waals surface area contributed by atoms with Gasteiger partial charge in [-0.1, -0.05) is 42.2 Å². The molecule has 33 heavy (non-hydrogen) atoms. The third-order valence-corrected chi connectivity index (χ3v) is 5.97. The molecule has 0 saturated carbocycles. The zero-order chi connectivity index (χ0) is 22.8. The fourth-order valence-corrected chi connectivity index (χ4v) is 4.33. The van der Waals surface area contributed by atoms with Crippen LogP contribution < -0.4 is 19.7 Å². The fraction of sp³-hybridized carbons (Fsp3) is 0.0769. The van der Waals surface area contributed by atoms with Crippen molar-refractivity contribution in [2.75, 3.05) is 18.6 Å². The van der Waals surface area contributed by atoms with Gasteiger partial charge in [0.2, 0.25) is 0 Å². The number of anilines is 2. The Morgan fingerprint density at radius 2 is 1.73 bits per heavy atom. The summed E-state index contributed by atoms with van der Waals surface area (Å²) in [5, 5.41) is 1.89. The van der Waals surface area contributed by atoms with Crippen molar-refractivity contribution in [3.8, 4) is 29.1 Å². The fourth-order valence-electron chi connectivity index (χ4n) is 3.65. The SMILES string of the molecule is COc1ccc(C=C2SC(=O)NC2=O)cc1C#CCN1c2ccccc2Oc2ccccc21. The summed E-state index contributed by atoms with van der Waals surface area (Å²) < 4.78 is 11.5. The highest BCUT2D eigenvalue weighted by Crippen LogP contribution is 2.45. The van der Waals surface area contributed by atoms with E-state index < -0.39 is 5.91 Å². The van der Waals surface area contributed by atoms with Crippen LogP contribution >= 0.6 is 11.8 Å². The number of imide groups is 1. The predicted molar refractivity (Wildman–Crippen MR) is 129 cm³/mol. The number of carbonyl (C=O) groups is 2. The van der Waals surface area contributed by atoms with Crippen molar-refractivity contribution in [1.29, 1.82) is 0 Å². The number of para-hydroxylation sites is 4. The molecule has 0 atom stereocenters. The van der Waals surface area contributed by atoms with E-state index in [1.807, 2.05) is 60.7 Å². The van der Waals surface area contributed by atoms with Gasteiger partial charge >= 0.3 is 0 Å². The summed E-state index contributed by atoms with van der Waals surface area (Å²) in [5.74, 6) is 8.25. The first-order chi connectivity index (χ1) is 16.1. The molecule has 1 fully saturated rings. The van der Waals surface area contributed by atoms with E-state index in [9.17, 15) is 9.59 Å². The normalized spacial score (nSPS) is 15.2. The number of nitrogens with one attached hydrogen (secondary N) is 1. The Hall–Kier alpha value is -4.15. The highest BCUT2D eigenvalue weighted by molar-refractivity contribution is 8.18. The second kappa shape index (κ2) is 8.77. The lowest BCUT2D eigenvalue weighted by Crippen LogP contribution is -2.21. The number of fused-ring (bicyclic) bond motifs is 2. The van der Waals surface area contributed by atoms with E-state index in [-0.39, 0.29) is 5.24 Å². The summed E-state index contributed by atoms with van der Waals surface area (Å²) in [6, 6.07) is 21.2. The number of carbonyl (C=O) groups excluding carboxylic acids is 2. The van der Waals surface area contributed by atoms with Crippen molar-refractivity contribution in [1.82, 2.24) is 5.32 Å². The van der Waals surface area contributed by atoms with Gasteiger partial charge in [-0.05, 0) is 59.8 Å². The van der Waals surface area contributed by atoms with Gasteiger partial charge < -0.3 is 14.4 Å². The van der Waals surface area contributed by atoms with Crippen molar-refractivity contribution in [2.45, 2.75) is 0 Å². The average Bonchev–Trinajstić information content (AvgIpc) is 3.15. The molecule has 1 saturated heterocycles. The van der Waals surface area contributed by atoms with E-state index in [0.29, 0.717) is 22.8 Å². The molecule has 1 N–H and O–H groups in total. The third kappa shape index (κ3) is 4.16. The first kappa shape index (κ1) is 20.7. The van der Waals surface area contributed by atoms with Crippen LogP contribution in [0.2, 0.25) is 0 Å². The molecule has 2 aliphatic heterocycles. The summed E-state index contributed by atoms with van der Waals surface area (Å²) in [4.78, 5) is 25.7. The maximum atomic E-state index is 11.9. The standard InChI is InChI=1S/C26H18N2O4S/c1-31-21-13-12-17(16-24-25(29)27-26(30)33-24)15-18(21)7-6-14-28-19-8-2-4-10-22(19)32-23-11-5-3-9-20(23)28/h2-5,8-13,15-16H,14H2,1H3,(H,27,29,30). The molecule has 0 unspecified atom stereocenters. The number of ether oxygens (including phenoxy) is 2. The van der Waals surface area contributed by atoms with Crippen LogP contribution in [0.1, 0.15) is 11.1 Å². The van der Waals surface area contributed by atoms with E-state index in [0.717, 1.165) is 40.2 Å². The number of rotatable bonds is 3. The van der Waals surface area contributed by atoms with Crippen LogP contribution in [0.5, 0.6) is 17.2 Å². The minimum absolute atomic E-state index is 0.352. The van der Waals surface area contributed by atoms with E-state index in [1.165, 1.54) is 0 Å². The Kier molecular flexibility index (Phi) is 5.51. The molecule has 2 aliphatic rings. The number of nitrogens with zero attached hydrogens (tertiary/aromatic N) is 1. The van der Waals surface area contributed by atoms with Crippen molar-refractivity contribution in [3.63, 3.8) is 0 Å². The van der Waals surface area contributed by atoms with E-state index in [2.05, 4.69) is 22.1 Å². The minimum Gasteiger partial charge on any atom is -0.495 e. The van der Waals surface area contributed by atoms with Crippen molar-refractivity contribution in [3.05, 3.63) is 82.8 Å². The summed E-state index contributed by atoms with van der Waals surface area (Å²) in [5.41, 5.74) is 3.35. The monoisotopic (exact) mass is 454 g/mol. The van der Waals surface area contributed by atoms with Crippen molar-refractivity contribution >= 4 is 40.4 Å². The second-order valence-corrected chi connectivity index (χ2v) is 8.25. The van der Waals surface area contributed by atoms with Gasteiger partial charge in [0, 0.05) is 0 Å². The Balaban J connectivity index is 1.46. The highest BCUT2D eigenvalue weighted by Gasteiger charge is 2.25. The topological polar surface area (TPSA) is 67.9 Å². The minimum atomic E-state index is -0.391. The molecule has 3 aromatic rings. The quantitative estimate of drug-likeness (QED) is 0.427. The molecule has 6 nitrogen and oxygen atoms in total. The number of hydrogen-bond donors (Lipinski definition) is 1. The van der Waals surface area contributed by atoms with Gasteiger partial charge in [-0.15, -0.1) is 0 Å². The van der Waals surface area contributed by atoms with Gasteiger partial charge in [0.25, 0.3) is 11.1 Å². The van der Waals surface area contributed by atoms with E-state index in [4.69, 9.17) is 9.47 Å². The van der Waals surface area contributed by atoms with Crippen LogP contribution in [0.15, 0.2) is 71.6 Å². The van der Waals surface area contributed by atoms with Gasteiger partial charge in [0.15, 0.2) is 11.5 Å². The van der Waals surface area contributed by atoms with Gasteiger partial charge in [-0.3, -0.25) is 14.9 Å². The van der Waals surface area contributed by atoms with Gasteiger partial charge in [-0.25, -0.2) is 0 Å². The Morgan fingerprint density at radius 1 is 1.03 bits per heavy atom. The number of methoxy groups -OCH3 is 1. The smallest absolute Gasteiger partial charge is 0.290 e. The predicted octanol–water partition coefficient (Wildman–Crippen LogP) is 5.31. The zero-order valence-corrected chi connectivity index (χ0v) is 18.4. The van der Waals surface area contributed by atoms with Crippen LogP contribution in [0.25, 0.3) is 6.08 Å². The number of thioether (sulfide) groups is 1. The molecule has 3 aromatic carbocycles. The lowest BCUT2D eigenvalue weighted by atomic mass is 10.1. The van der Waals surface area contributed by atoms with Gasteiger partial charge in [-0.2, -0.15) is 0 Å². The molecule has 5 rings (SSSR count). The first-order valence-corrected chi connectivity index (χ1v) is 11.0. The molecule has 0 radical (unpaired) electrons. The number of hydrogen-bond acceptors (Lipinski definition) is 6. The molecule has 0 bridgehead atoms. The lowest BCUT2D eigenvalue weighted by Gasteiger charge is -2.31. The number of amides is 2. The molecule has 0 aromatic heterocycles. The molecule has 2 amide bonds. The van der Waals surface area contributed by atoms with Gasteiger partial charge in [0.1, 0.15) is 5.75 Å². The highest BCUT2D eigenvalue weighted by atomic mass is 32.2. The van der Waals surface area contributed by atoms with Crippen LogP contribution in [-0.4, -0.2) is 24.8 Å². The third-order valence-electron chi connectivity index (χ3n) is 5.16. The zero-order valence-electron chi connectivity index (χ0n) is 17.6. The maximum absolute atomic E-state index is 11.9. The Bertz CT molecular complexity index is 1320. The van der Waals surface area contributed by atoms with Crippen molar-refractivity contribution < 1.29 is 19.1 Å². The van der Waals surface area contributed by atoms with E-state index >= 15 is 0 Å². The summed E-state index contributed by atoms with van der Waals surface area (Å²) in [7, 11) is 1.59. The van der Waals surface area contributed by atoms with Crippen LogP contribution in [0.3, 0.4) is 0 Å². The second-order valence-electron chi connectivity index (χ2n) is 7.24. The summed E-state index contributed by atoms with van der Waals surface area (Å²) >= 11 is 0.884. The van der Waals surface area contributed by atoms with Crippen LogP contribution in [0.4, 0.5) is 16.2 Å². The molecule has 2 heterocycles.